The van der Waals surface area contributed by atoms with E-state index in [1.165, 1.54) is 22.9 Å². The van der Waals surface area contributed by atoms with E-state index in [4.69, 9.17) is 0 Å². The van der Waals surface area contributed by atoms with Crippen LogP contribution in [-0.2, 0) is 10.2 Å². The Morgan fingerprint density at radius 1 is 1.32 bits per heavy atom. The number of carbonyl (C=O) groups is 1. The molecule has 2 unspecified atom stereocenters. The predicted octanol–water partition coefficient (Wildman–Crippen LogP) is 4.03. The summed E-state index contributed by atoms with van der Waals surface area (Å²) in [5.41, 5.74) is 3.03. The highest BCUT2D eigenvalue weighted by Gasteiger charge is 2.49. The van der Waals surface area contributed by atoms with Gasteiger partial charge in [0.15, 0.2) is 0 Å². The molecule has 1 aromatic carbocycles. The van der Waals surface area contributed by atoms with Crippen molar-refractivity contribution < 1.29 is 9.90 Å². The third-order valence-corrected chi connectivity index (χ3v) is 8.29. The van der Waals surface area contributed by atoms with Crippen LogP contribution in [-0.4, -0.2) is 46.1 Å². The number of benzene rings is 1. The standard InChI is InChI=1S/C21H27NO2S/c1-15-14-22(17-8-10-21(13-17,25-2)19(23)24)12-11-20(15)9-7-16-5-3-4-6-18(16)20/h3-7,9,15,17H,8,10-14H2,1-2H3,(H,23,24)/t15-,17?,20-,21?/m0/s1. The van der Waals surface area contributed by atoms with Gasteiger partial charge in [-0.15, -0.1) is 11.8 Å². The molecule has 3 nitrogen and oxygen atoms in total. The lowest BCUT2D eigenvalue weighted by Crippen LogP contribution is -2.51. The first-order valence-electron chi connectivity index (χ1n) is 9.32. The molecule has 1 spiro atoms. The first-order valence-corrected chi connectivity index (χ1v) is 10.5. The Morgan fingerprint density at radius 2 is 2.12 bits per heavy atom. The molecule has 134 valence electrons. The van der Waals surface area contributed by atoms with Crippen LogP contribution >= 0.6 is 11.8 Å². The number of carboxylic acid groups (broad SMARTS) is 1. The van der Waals surface area contributed by atoms with Gasteiger partial charge >= 0.3 is 5.97 Å². The van der Waals surface area contributed by atoms with Crippen molar-refractivity contribution >= 4 is 23.8 Å². The second kappa shape index (κ2) is 6.17. The van der Waals surface area contributed by atoms with Crippen LogP contribution in [0.3, 0.4) is 0 Å². The Kier molecular flexibility index (Phi) is 4.24. The number of nitrogens with zero attached hydrogens (tertiary/aromatic N) is 1. The van der Waals surface area contributed by atoms with Gasteiger partial charge in [-0.25, -0.2) is 0 Å². The van der Waals surface area contributed by atoms with Crippen LogP contribution in [0.2, 0.25) is 0 Å². The van der Waals surface area contributed by atoms with E-state index in [1.54, 1.807) is 0 Å². The molecule has 3 aliphatic rings. The van der Waals surface area contributed by atoms with Crippen LogP contribution in [0.15, 0.2) is 30.3 Å². The summed E-state index contributed by atoms with van der Waals surface area (Å²) >= 11 is 1.53. The van der Waals surface area contributed by atoms with Crippen molar-refractivity contribution in [1.29, 1.82) is 0 Å². The fourth-order valence-electron chi connectivity index (χ4n) is 5.32. The minimum absolute atomic E-state index is 0.176. The van der Waals surface area contributed by atoms with Crippen molar-refractivity contribution in [3.63, 3.8) is 0 Å². The molecule has 0 amide bonds. The zero-order valence-corrected chi connectivity index (χ0v) is 15.9. The highest BCUT2D eigenvalue weighted by atomic mass is 32.2. The van der Waals surface area contributed by atoms with Gasteiger partial charge in [-0.1, -0.05) is 43.3 Å². The molecule has 1 heterocycles. The largest absolute Gasteiger partial charge is 0.480 e. The summed E-state index contributed by atoms with van der Waals surface area (Å²) in [6.07, 6.45) is 10.4. The molecule has 4 rings (SSSR count). The number of carboxylic acids is 1. The fraction of sp³-hybridized carbons (Fsp3) is 0.571. The van der Waals surface area contributed by atoms with Crippen LogP contribution in [0.5, 0.6) is 0 Å². The normalized spacial score (nSPS) is 37.5. The molecule has 1 N–H and O–H groups in total. The van der Waals surface area contributed by atoms with Crippen molar-refractivity contribution in [2.75, 3.05) is 19.3 Å². The fourth-order valence-corrected chi connectivity index (χ4v) is 6.17. The van der Waals surface area contributed by atoms with Gasteiger partial charge in [-0.2, -0.15) is 0 Å². The highest BCUT2D eigenvalue weighted by molar-refractivity contribution is 8.00. The lowest BCUT2D eigenvalue weighted by Gasteiger charge is -2.46. The molecule has 0 radical (unpaired) electrons. The van der Waals surface area contributed by atoms with Gasteiger partial charge in [0.1, 0.15) is 4.75 Å². The van der Waals surface area contributed by atoms with Crippen LogP contribution in [0, 0.1) is 5.92 Å². The van der Waals surface area contributed by atoms with E-state index >= 15 is 0 Å². The molecular weight excluding hydrogens is 330 g/mol. The summed E-state index contributed by atoms with van der Waals surface area (Å²) in [5, 5.41) is 9.66. The third-order valence-electron chi connectivity index (χ3n) is 6.97. The lowest BCUT2D eigenvalue weighted by molar-refractivity contribution is -0.139. The average Bonchev–Trinajstić information content (AvgIpc) is 3.22. The summed E-state index contributed by atoms with van der Waals surface area (Å²) in [6.45, 7) is 4.50. The van der Waals surface area contributed by atoms with E-state index in [-0.39, 0.29) is 5.41 Å². The minimum Gasteiger partial charge on any atom is -0.480 e. The summed E-state index contributed by atoms with van der Waals surface area (Å²) < 4.78 is -0.567. The van der Waals surface area contributed by atoms with Crippen LogP contribution < -0.4 is 0 Å². The van der Waals surface area contributed by atoms with Gasteiger partial charge in [0.25, 0.3) is 0 Å². The molecule has 1 aliphatic heterocycles. The third kappa shape index (κ3) is 2.57. The highest BCUT2D eigenvalue weighted by Crippen LogP contribution is 2.49. The number of rotatable bonds is 3. The topological polar surface area (TPSA) is 40.5 Å². The zero-order chi connectivity index (χ0) is 17.7. The van der Waals surface area contributed by atoms with Crippen LogP contribution in [0.1, 0.15) is 43.7 Å². The van der Waals surface area contributed by atoms with Gasteiger partial charge in [0.2, 0.25) is 0 Å². The first-order chi connectivity index (χ1) is 12.0. The monoisotopic (exact) mass is 357 g/mol. The molecule has 2 fully saturated rings. The molecule has 4 heteroatoms. The van der Waals surface area contributed by atoms with Crippen molar-refractivity contribution in [3.05, 3.63) is 41.5 Å². The average molecular weight is 358 g/mol. The molecule has 1 saturated heterocycles. The number of thioether (sulfide) groups is 1. The Morgan fingerprint density at radius 3 is 2.80 bits per heavy atom. The maximum atomic E-state index is 11.7. The van der Waals surface area contributed by atoms with E-state index in [1.807, 2.05) is 6.26 Å². The Balaban J connectivity index is 1.50. The second-order valence-electron chi connectivity index (χ2n) is 8.01. The SMILES string of the molecule is CSC1(C(=O)O)CCC(N2CC[C@@]3(C=Cc4ccccc43)[C@@H](C)C2)C1. The zero-order valence-electron chi connectivity index (χ0n) is 15.1. The number of piperidine rings is 1. The predicted molar refractivity (Wildman–Crippen MR) is 104 cm³/mol. The van der Waals surface area contributed by atoms with Gasteiger partial charge < -0.3 is 5.11 Å². The lowest BCUT2D eigenvalue weighted by atomic mass is 9.68. The number of aliphatic carboxylic acids is 1. The number of allylic oxidation sites excluding steroid dienone is 1. The number of likely N-dealkylation sites (tertiary alicyclic amines) is 1. The van der Waals surface area contributed by atoms with Gasteiger partial charge in [-0.05, 0) is 55.5 Å². The van der Waals surface area contributed by atoms with Crippen molar-refractivity contribution in [1.82, 2.24) is 4.90 Å². The van der Waals surface area contributed by atoms with E-state index in [0.29, 0.717) is 12.0 Å². The molecule has 25 heavy (non-hydrogen) atoms. The van der Waals surface area contributed by atoms with E-state index in [0.717, 1.165) is 38.8 Å². The number of fused-ring (bicyclic) bond motifs is 2. The minimum atomic E-state index is -0.628. The summed E-state index contributed by atoms with van der Waals surface area (Å²) in [7, 11) is 0. The second-order valence-corrected chi connectivity index (χ2v) is 9.20. The Hall–Kier alpha value is -1.26. The summed E-state index contributed by atoms with van der Waals surface area (Å²) in [6, 6.07) is 9.21. The molecule has 4 atom stereocenters. The van der Waals surface area contributed by atoms with E-state index in [9.17, 15) is 9.90 Å². The molecule has 0 bridgehead atoms. The number of hydrogen-bond acceptors (Lipinski definition) is 3. The first kappa shape index (κ1) is 17.2. The maximum absolute atomic E-state index is 11.7. The molecule has 1 aromatic rings. The van der Waals surface area contributed by atoms with Gasteiger partial charge in [0, 0.05) is 18.0 Å². The van der Waals surface area contributed by atoms with Gasteiger partial charge in [0.05, 0.1) is 0 Å². The van der Waals surface area contributed by atoms with Gasteiger partial charge in [-0.3, -0.25) is 9.69 Å². The summed E-state index contributed by atoms with van der Waals surface area (Å²) in [5.74, 6) is -0.0769. The number of hydrogen-bond donors (Lipinski definition) is 1. The smallest absolute Gasteiger partial charge is 0.319 e. The van der Waals surface area contributed by atoms with Crippen molar-refractivity contribution in [3.8, 4) is 0 Å². The Labute approximate surface area is 154 Å². The van der Waals surface area contributed by atoms with Crippen molar-refractivity contribution in [2.45, 2.75) is 48.8 Å². The molecule has 2 aliphatic carbocycles. The van der Waals surface area contributed by atoms with Crippen molar-refractivity contribution in [2.24, 2.45) is 5.92 Å². The Bertz CT molecular complexity index is 718. The molecule has 1 saturated carbocycles. The van der Waals surface area contributed by atoms with Crippen LogP contribution in [0.4, 0.5) is 0 Å². The molecule has 0 aromatic heterocycles. The maximum Gasteiger partial charge on any atom is 0.319 e. The van der Waals surface area contributed by atoms with E-state index in [2.05, 4.69) is 48.2 Å². The quantitative estimate of drug-likeness (QED) is 0.887. The van der Waals surface area contributed by atoms with E-state index < -0.39 is 10.7 Å². The summed E-state index contributed by atoms with van der Waals surface area (Å²) in [4.78, 5) is 14.3. The molecular formula is C21H27NO2S. The van der Waals surface area contributed by atoms with Crippen LogP contribution in [0.25, 0.3) is 6.08 Å².